The Hall–Kier alpha value is -5.95. The number of carboxylic acids is 2. The number of carbonyl (C=O) groups is 6. The van der Waals surface area contributed by atoms with Crippen molar-refractivity contribution in [2.75, 3.05) is 17.7 Å². The van der Waals surface area contributed by atoms with E-state index in [-0.39, 0.29) is 34.5 Å². The van der Waals surface area contributed by atoms with Crippen molar-refractivity contribution >= 4 is 69.6 Å². The van der Waals surface area contributed by atoms with Crippen molar-refractivity contribution in [1.82, 2.24) is 15.2 Å². The molecule has 17 nitrogen and oxygen atoms in total. The van der Waals surface area contributed by atoms with Crippen LogP contribution in [0.4, 0.5) is 5.13 Å². The molecule has 3 heterocycles. The Morgan fingerprint density at radius 2 is 1.69 bits per heavy atom. The molecule has 5 rings (SSSR count). The van der Waals surface area contributed by atoms with Crippen LogP contribution in [-0.4, -0.2) is 97.1 Å². The van der Waals surface area contributed by atoms with Crippen molar-refractivity contribution in [2.45, 2.75) is 44.1 Å². The summed E-state index contributed by atoms with van der Waals surface area (Å²) < 4.78 is 16.5. The number of aromatic nitrogens is 1. The van der Waals surface area contributed by atoms with Gasteiger partial charge in [-0.1, -0.05) is 41.6 Å². The zero-order chi connectivity index (χ0) is 37.6. The number of aliphatic carboxylic acids is 2. The average Bonchev–Trinajstić information content (AvgIpc) is 3.56. The fourth-order valence-electron chi connectivity index (χ4n) is 4.64. The van der Waals surface area contributed by atoms with Gasteiger partial charge in [-0.25, -0.2) is 14.6 Å². The summed E-state index contributed by atoms with van der Waals surface area (Å²) in [6.45, 7) is 3.18. The van der Waals surface area contributed by atoms with Crippen LogP contribution < -0.4 is 20.1 Å². The number of hydrogen-bond acceptors (Lipinski definition) is 14. The third kappa shape index (κ3) is 8.67. The Bertz CT molecular complexity index is 1930. The van der Waals surface area contributed by atoms with E-state index in [1.54, 1.807) is 60.7 Å². The molecule has 2 aliphatic rings. The van der Waals surface area contributed by atoms with E-state index in [1.807, 2.05) is 0 Å². The lowest BCUT2D eigenvalue weighted by atomic mass is 10.0. The zero-order valence-corrected chi connectivity index (χ0v) is 29.3. The minimum Gasteiger partial charge on any atom is -0.484 e. The van der Waals surface area contributed by atoms with Gasteiger partial charge < -0.3 is 34.6 Å². The Morgan fingerprint density at radius 1 is 1.04 bits per heavy atom. The standard InChI is InChI=1S/C33H31N5O12S2/c1-17(39)48-30(49-19-12-8-5-9-13-19)20-15-51-28-24(27(42)38(28)25(20)29(43)44)36-26(41)23(37-50-33(2,3)31(45)46)21-16-52-32(34-21)35-22(40)14-47-18-10-6-4-7-11-18/h4-13,16,24,28,30H,14-15H2,1-3H3,(H,36,41)(H,43,44)(H,45,46)(H,34,35,40)/b37-23-/t24-,28-,30?/m1/s1. The lowest BCUT2D eigenvalue weighted by Crippen LogP contribution is -2.71. The number of thiazole rings is 1. The number of benzene rings is 2. The molecule has 52 heavy (non-hydrogen) atoms. The smallest absolute Gasteiger partial charge is 0.352 e. The van der Waals surface area contributed by atoms with E-state index in [9.17, 15) is 39.0 Å². The number of carboxylic acid groups (broad SMARTS) is 2. The van der Waals surface area contributed by atoms with Crippen LogP contribution in [0.2, 0.25) is 0 Å². The Kier molecular flexibility index (Phi) is 11.4. The molecule has 0 bridgehead atoms. The molecule has 272 valence electrons. The SMILES string of the molecule is CC(=O)OC(Oc1ccccc1)C1=C(C(=O)O)N2C(=O)[C@@H](NC(=O)/C(=N\OC(C)(C)C(=O)O)c3csc(NC(=O)COc4ccccc4)n3)[C@H]2SC1. The number of oxime groups is 1. The van der Waals surface area contributed by atoms with Crippen LogP contribution in [0.5, 0.6) is 11.5 Å². The number of fused-ring (bicyclic) bond motifs is 1. The largest absolute Gasteiger partial charge is 0.484 e. The van der Waals surface area contributed by atoms with Gasteiger partial charge in [0.2, 0.25) is 5.60 Å². The summed E-state index contributed by atoms with van der Waals surface area (Å²) in [6, 6.07) is 15.6. The first-order valence-corrected chi connectivity index (χ1v) is 17.2. The van der Waals surface area contributed by atoms with Gasteiger partial charge in [-0.2, -0.15) is 0 Å². The summed E-state index contributed by atoms with van der Waals surface area (Å²) in [5, 5.41) is 29.0. The molecule has 2 aromatic carbocycles. The molecule has 19 heteroatoms. The highest BCUT2D eigenvalue weighted by Crippen LogP contribution is 2.42. The summed E-state index contributed by atoms with van der Waals surface area (Å²) in [5.74, 6) is -5.33. The minimum absolute atomic E-state index is 0.00343. The first kappa shape index (κ1) is 37.3. The van der Waals surface area contributed by atoms with Crippen molar-refractivity contribution in [3.8, 4) is 11.5 Å². The zero-order valence-electron chi connectivity index (χ0n) is 27.6. The molecule has 0 aliphatic carbocycles. The number of anilines is 1. The third-order valence-electron chi connectivity index (χ3n) is 7.23. The van der Waals surface area contributed by atoms with Gasteiger partial charge in [0.15, 0.2) is 17.5 Å². The van der Waals surface area contributed by atoms with Crippen LogP contribution in [-0.2, 0) is 38.3 Å². The lowest BCUT2D eigenvalue weighted by Gasteiger charge is -2.49. The molecule has 3 atom stereocenters. The number of nitrogens with one attached hydrogen (secondary N) is 2. The van der Waals surface area contributed by atoms with E-state index >= 15 is 0 Å². The Labute approximate surface area is 303 Å². The molecule has 2 aliphatic heterocycles. The maximum Gasteiger partial charge on any atom is 0.352 e. The van der Waals surface area contributed by atoms with E-state index in [1.165, 1.54) is 19.2 Å². The van der Waals surface area contributed by atoms with Gasteiger partial charge in [0.1, 0.15) is 34.3 Å². The fraction of sp³-hybridized carbons (Fsp3) is 0.273. The summed E-state index contributed by atoms with van der Waals surface area (Å²) in [6.07, 6.45) is -1.47. The second-order valence-corrected chi connectivity index (χ2v) is 13.4. The number of para-hydroxylation sites is 2. The monoisotopic (exact) mass is 753 g/mol. The molecule has 1 aromatic heterocycles. The summed E-state index contributed by atoms with van der Waals surface area (Å²) >= 11 is 2.00. The summed E-state index contributed by atoms with van der Waals surface area (Å²) in [4.78, 5) is 86.1. The molecular weight excluding hydrogens is 723 g/mol. The number of amides is 3. The van der Waals surface area contributed by atoms with Crippen LogP contribution in [0, 0.1) is 0 Å². The molecule has 0 spiro atoms. The molecule has 1 fully saturated rings. The minimum atomic E-state index is -1.88. The first-order valence-electron chi connectivity index (χ1n) is 15.3. The van der Waals surface area contributed by atoms with Gasteiger partial charge in [-0.15, -0.1) is 23.1 Å². The summed E-state index contributed by atoms with van der Waals surface area (Å²) in [7, 11) is 0. The second-order valence-electron chi connectivity index (χ2n) is 11.4. The van der Waals surface area contributed by atoms with Gasteiger partial charge in [0, 0.05) is 18.1 Å². The van der Waals surface area contributed by atoms with E-state index in [4.69, 9.17) is 19.0 Å². The Balaban J connectivity index is 1.34. The summed E-state index contributed by atoms with van der Waals surface area (Å²) in [5.41, 5.74) is -3.01. The normalized spacial score (nSPS) is 17.6. The number of rotatable bonds is 15. The molecule has 3 aromatic rings. The number of hydrogen-bond donors (Lipinski definition) is 4. The number of β-lactam (4-membered cyclic amide) rings is 1. The van der Waals surface area contributed by atoms with Crippen LogP contribution in [0.25, 0.3) is 0 Å². The molecule has 1 saturated heterocycles. The van der Waals surface area contributed by atoms with Crippen LogP contribution in [0.15, 0.2) is 82.5 Å². The van der Waals surface area contributed by atoms with E-state index in [0.29, 0.717) is 5.75 Å². The molecule has 3 amide bonds. The van der Waals surface area contributed by atoms with Gasteiger partial charge in [-0.3, -0.25) is 29.4 Å². The molecule has 1 unspecified atom stereocenters. The van der Waals surface area contributed by atoms with Crippen molar-refractivity contribution in [3.05, 3.63) is 83.0 Å². The quantitative estimate of drug-likeness (QED) is 0.0574. The van der Waals surface area contributed by atoms with Gasteiger partial charge in [0.05, 0.1) is 5.57 Å². The van der Waals surface area contributed by atoms with Gasteiger partial charge >= 0.3 is 17.9 Å². The van der Waals surface area contributed by atoms with Crippen molar-refractivity contribution in [2.24, 2.45) is 5.16 Å². The van der Waals surface area contributed by atoms with Crippen molar-refractivity contribution < 1.29 is 58.0 Å². The fourth-order valence-corrected chi connectivity index (χ4v) is 6.71. The maximum absolute atomic E-state index is 13.7. The molecule has 0 saturated carbocycles. The molecule has 0 radical (unpaired) electrons. The van der Waals surface area contributed by atoms with Crippen LogP contribution in [0.1, 0.15) is 26.5 Å². The van der Waals surface area contributed by atoms with Crippen LogP contribution >= 0.6 is 23.1 Å². The van der Waals surface area contributed by atoms with Gasteiger partial charge in [-0.05, 0) is 38.1 Å². The molecule has 4 N–H and O–H groups in total. The highest BCUT2D eigenvalue weighted by atomic mass is 32.2. The van der Waals surface area contributed by atoms with E-state index in [0.717, 1.165) is 34.9 Å². The number of nitrogens with zero attached hydrogens (tertiary/aromatic N) is 3. The second kappa shape index (κ2) is 15.9. The lowest BCUT2D eigenvalue weighted by molar-refractivity contribution is -0.161. The predicted molar refractivity (Wildman–Crippen MR) is 184 cm³/mol. The van der Waals surface area contributed by atoms with Gasteiger partial charge in [0.25, 0.3) is 24.0 Å². The van der Waals surface area contributed by atoms with Crippen LogP contribution in [0.3, 0.4) is 0 Å². The predicted octanol–water partition coefficient (Wildman–Crippen LogP) is 2.45. The first-order chi connectivity index (χ1) is 24.7. The third-order valence-corrected chi connectivity index (χ3v) is 9.29. The highest BCUT2D eigenvalue weighted by molar-refractivity contribution is 8.00. The Morgan fingerprint density at radius 3 is 2.31 bits per heavy atom. The number of esters is 1. The average molecular weight is 754 g/mol. The molecular formula is C33H31N5O12S2. The highest BCUT2D eigenvalue weighted by Gasteiger charge is 2.55. The maximum atomic E-state index is 13.7. The van der Waals surface area contributed by atoms with E-state index < -0.39 is 70.3 Å². The number of ether oxygens (including phenoxy) is 3. The number of carbonyl (C=O) groups excluding carboxylic acids is 4. The van der Waals surface area contributed by atoms with E-state index in [2.05, 4.69) is 20.8 Å². The number of thioether (sulfide) groups is 1. The van der Waals surface area contributed by atoms with Crippen molar-refractivity contribution in [3.63, 3.8) is 0 Å². The topological polar surface area (TPSA) is 232 Å². The van der Waals surface area contributed by atoms with Crippen molar-refractivity contribution in [1.29, 1.82) is 0 Å².